The molecule has 4 rings (SSSR count). The maximum atomic E-state index is 13.1. The first-order valence-electron chi connectivity index (χ1n) is 10.8. The van der Waals surface area contributed by atoms with Gasteiger partial charge in [-0.25, -0.2) is 4.90 Å². The van der Waals surface area contributed by atoms with Gasteiger partial charge in [-0.15, -0.1) is 0 Å². The molecule has 0 radical (unpaired) electrons. The van der Waals surface area contributed by atoms with E-state index in [9.17, 15) is 14.4 Å². The van der Waals surface area contributed by atoms with Gasteiger partial charge in [-0.3, -0.25) is 24.2 Å². The van der Waals surface area contributed by atoms with Gasteiger partial charge in [0.25, 0.3) is 5.91 Å². The minimum atomic E-state index is -0.627. The first kappa shape index (κ1) is 20.8. The molecule has 0 aliphatic carbocycles. The van der Waals surface area contributed by atoms with Gasteiger partial charge in [0.05, 0.1) is 25.3 Å². The van der Waals surface area contributed by atoms with Crippen LogP contribution in [0, 0.1) is 0 Å². The zero-order chi connectivity index (χ0) is 21.3. The van der Waals surface area contributed by atoms with E-state index >= 15 is 0 Å². The normalized spacial score (nSPS) is 25.5. The number of piperidine rings is 2. The largest absolute Gasteiger partial charge is 0.497 e. The summed E-state index contributed by atoms with van der Waals surface area (Å²) in [5.41, 5.74) is 5.80. The van der Waals surface area contributed by atoms with Crippen LogP contribution >= 0.6 is 0 Å². The summed E-state index contributed by atoms with van der Waals surface area (Å²) in [6.07, 6.45) is 4.73. The molecule has 2 N–H and O–H groups in total. The second-order valence-corrected chi connectivity index (χ2v) is 8.46. The number of methoxy groups -OCH3 is 1. The van der Waals surface area contributed by atoms with Gasteiger partial charge in [0.2, 0.25) is 11.8 Å². The van der Waals surface area contributed by atoms with Crippen LogP contribution in [-0.4, -0.2) is 72.4 Å². The molecule has 162 valence electrons. The third-order valence-electron chi connectivity index (χ3n) is 6.94. The lowest BCUT2D eigenvalue weighted by atomic mass is 9.83. The number of anilines is 1. The van der Waals surface area contributed by atoms with Crippen LogP contribution in [0.25, 0.3) is 0 Å². The molecule has 1 atom stereocenters. The average molecular weight is 415 g/mol. The van der Waals surface area contributed by atoms with E-state index in [1.54, 1.807) is 31.4 Å². The summed E-state index contributed by atoms with van der Waals surface area (Å²) in [6, 6.07) is 6.45. The topological polar surface area (TPSA) is 96.2 Å². The molecule has 0 bridgehead atoms. The Morgan fingerprint density at radius 1 is 1.03 bits per heavy atom. The molecule has 3 saturated heterocycles. The van der Waals surface area contributed by atoms with Crippen LogP contribution in [-0.2, 0) is 14.4 Å². The fourth-order valence-electron chi connectivity index (χ4n) is 5.15. The van der Waals surface area contributed by atoms with Crippen molar-refractivity contribution in [2.45, 2.75) is 50.1 Å². The highest BCUT2D eigenvalue weighted by Crippen LogP contribution is 2.34. The van der Waals surface area contributed by atoms with Gasteiger partial charge < -0.3 is 10.5 Å². The molecule has 1 aromatic carbocycles. The Morgan fingerprint density at radius 3 is 2.23 bits per heavy atom. The lowest BCUT2D eigenvalue weighted by Gasteiger charge is -2.48. The summed E-state index contributed by atoms with van der Waals surface area (Å²) in [5.74, 6) is 0.0105. The standard InChI is InChI=1S/C22H30N4O4/c1-30-17-7-5-16(6-8-17)26-19(27)15-18(20(26)28)24-13-9-22(10-14-24,21(23)29)25-11-3-2-4-12-25/h5-8,18H,2-4,9-15H2,1H3,(H2,23,29)/t18-/m1/s1. The van der Waals surface area contributed by atoms with Crippen LogP contribution in [0.15, 0.2) is 24.3 Å². The van der Waals surface area contributed by atoms with E-state index < -0.39 is 11.6 Å². The molecule has 0 spiro atoms. The SMILES string of the molecule is COc1ccc(N2C(=O)C[C@@H](N3CCC(C(N)=O)(N4CCCCC4)CC3)C2=O)cc1. The molecule has 3 aliphatic heterocycles. The number of benzene rings is 1. The molecule has 1 aromatic rings. The Bertz CT molecular complexity index is 811. The predicted octanol–water partition coefficient (Wildman–Crippen LogP) is 1.13. The number of likely N-dealkylation sites (tertiary alicyclic amines) is 2. The van der Waals surface area contributed by atoms with Crippen LogP contribution in [0.1, 0.15) is 38.5 Å². The van der Waals surface area contributed by atoms with Crippen molar-refractivity contribution in [3.8, 4) is 5.75 Å². The third-order valence-corrected chi connectivity index (χ3v) is 6.94. The maximum Gasteiger partial charge on any atom is 0.251 e. The Balaban J connectivity index is 1.46. The molecule has 3 heterocycles. The first-order valence-corrected chi connectivity index (χ1v) is 10.8. The van der Waals surface area contributed by atoms with Gasteiger partial charge in [0.15, 0.2) is 0 Å². The fourth-order valence-corrected chi connectivity index (χ4v) is 5.15. The Morgan fingerprint density at radius 2 is 1.67 bits per heavy atom. The van der Waals surface area contributed by atoms with Crippen LogP contribution in [0.4, 0.5) is 5.69 Å². The summed E-state index contributed by atoms with van der Waals surface area (Å²) < 4.78 is 5.15. The van der Waals surface area contributed by atoms with Gasteiger partial charge in [-0.2, -0.15) is 0 Å². The summed E-state index contributed by atoms with van der Waals surface area (Å²) >= 11 is 0. The maximum absolute atomic E-state index is 13.1. The van der Waals surface area contributed by atoms with Gasteiger partial charge in [0, 0.05) is 13.1 Å². The number of rotatable bonds is 5. The number of carbonyl (C=O) groups excluding carboxylic acids is 3. The number of hydrogen-bond acceptors (Lipinski definition) is 6. The fraction of sp³-hybridized carbons (Fsp3) is 0.591. The van der Waals surface area contributed by atoms with Crippen molar-refractivity contribution >= 4 is 23.4 Å². The summed E-state index contributed by atoms with van der Waals surface area (Å²) in [6.45, 7) is 2.96. The number of imide groups is 1. The number of carbonyl (C=O) groups is 3. The second-order valence-electron chi connectivity index (χ2n) is 8.46. The zero-order valence-corrected chi connectivity index (χ0v) is 17.5. The van der Waals surface area contributed by atoms with Crippen molar-refractivity contribution in [1.82, 2.24) is 9.80 Å². The van der Waals surface area contributed by atoms with Gasteiger partial charge in [0.1, 0.15) is 11.3 Å². The first-order chi connectivity index (χ1) is 14.5. The van der Waals surface area contributed by atoms with Crippen LogP contribution in [0.3, 0.4) is 0 Å². The van der Waals surface area contributed by atoms with Gasteiger partial charge in [-0.05, 0) is 63.0 Å². The summed E-state index contributed by atoms with van der Waals surface area (Å²) in [5, 5.41) is 0. The molecule has 8 nitrogen and oxygen atoms in total. The lowest BCUT2D eigenvalue weighted by molar-refractivity contribution is -0.136. The van der Waals surface area contributed by atoms with Crippen LogP contribution < -0.4 is 15.4 Å². The van der Waals surface area contributed by atoms with Crippen molar-refractivity contribution in [3.63, 3.8) is 0 Å². The molecule has 8 heteroatoms. The highest BCUT2D eigenvalue weighted by atomic mass is 16.5. The summed E-state index contributed by atoms with van der Waals surface area (Å²) in [4.78, 5) is 43.7. The highest BCUT2D eigenvalue weighted by molar-refractivity contribution is 6.22. The number of nitrogens with zero attached hydrogens (tertiary/aromatic N) is 3. The molecular formula is C22H30N4O4. The van der Waals surface area contributed by atoms with Crippen molar-refractivity contribution in [2.24, 2.45) is 5.73 Å². The minimum Gasteiger partial charge on any atom is -0.497 e. The lowest BCUT2D eigenvalue weighted by Crippen LogP contribution is -2.64. The molecule has 0 aromatic heterocycles. The molecule has 30 heavy (non-hydrogen) atoms. The van der Waals surface area contributed by atoms with Crippen molar-refractivity contribution in [2.75, 3.05) is 38.2 Å². The number of primary amides is 1. The number of amides is 3. The van der Waals surface area contributed by atoms with Crippen molar-refractivity contribution in [1.29, 1.82) is 0 Å². The minimum absolute atomic E-state index is 0.165. The highest BCUT2D eigenvalue weighted by Gasteiger charge is 2.49. The van der Waals surface area contributed by atoms with Gasteiger partial charge in [-0.1, -0.05) is 6.42 Å². The van der Waals surface area contributed by atoms with E-state index in [0.29, 0.717) is 37.4 Å². The quantitative estimate of drug-likeness (QED) is 0.726. The van der Waals surface area contributed by atoms with Crippen molar-refractivity contribution in [3.05, 3.63) is 24.3 Å². The molecule has 0 unspecified atom stereocenters. The number of ether oxygens (including phenoxy) is 1. The van der Waals surface area contributed by atoms with Crippen LogP contribution in [0.2, 0.25) is 0 Å². The average Bonchev–Trinajstić information content (AvgIpc) is 3.08. The Labute approximate surface area is 176 Å². The monoisotopic (exact) mass is 414 g/mol. The smallest absolute Gasteiger partial charge is 0.251 e. The van der Waals surface area contributed by atoms with Crippen molar-refractivity contribution < 1.29 is 19.1 Å². The third kappa shape index (κ3) is 3.58. The molecule has 3 fully saturated rings. The van der Waals surface area contributed by atoms with E-state index in [0.717, 1.165) is 25.9 Å². The number of nitrogens with two attached hydrogens (primary N) is 1. The van der Waals surface area contributed by atoms with E-state index in [4.69, 9.17) is 10.5 Å². The van der Waals surface area contributed by atoms with E-state index in [1.165, 1.54) is 11.3 Å². The van der Waals surface area contributed by atoms with E-state index in [-0.39, 0.29) is 24.1 Å². The second kappa shape index (κ2) is 8.35. The molecule has 3 amide bonds. The molecule has 0 saturated carbocycles. The summed E-state index contributed by atoms with van der Waals surface area (Å²) in [7, 11) is 1.57. The predicted molar refractivity (Wildman–Crippen MR) is 112 cm³/mol. The van der Waals surface area contributed by atoms with Gasteiger partial charge >= 0.3 is 0 Å². The molecular weight excluding hydrogens is 384 g/mol. The molecule has 3 aliphatic rings. The Kier molecular flexibility index (Phi) is 5.79. The van der Waals surface area contributed by atoms with E-state index in [2.05, 4.69) is 9.80 Å². The van der Waals surface area contributed by atoms with E-state index in [1.807, 2.05) is 0 Å². The number of hydrogen-bond donors (Lipinski definition) is 1. The zero-order valence-electron chi connectivity index (χ0n) is 17.5. The Hall–Kier alpha value is -2.45. The van der Waals surface area contributed by atoms with Crippen LogP contribution in [0.5, 0.6) is 5.75 Å².